The molecule has 1 heterocycles. The molecule has 1 fully saturated rings. The number of hydrogen-bond donors (Lipinski definition) is 1. The van der Waals surface area contributed by atoms with E-state index in [4.69, 9.17) is 5.73 Å². The zero-order chi connectivity index (χ0) is 8.39. The molecule has 1 saturated carbocycles. The monoisotopic (exact) mass is 180 g/mol. The number of thioether (sulfide) groups is 1. The van der Waals surface area contributed by atoms with E-state index < -0.39 is 0 Å². The van der Waals surface area contributed by atoms with Crippen LogP contribution in [0.3, 0.4) is 0 Å². The number of nitrogens with two attached hydrogens (primary N) is 1. The van der Waals surface area contributed by atoms with E-state index >= 15 is 0 Å². The van der Waals surface area contributed by atoms with Crippen molar-refractivity contribution < 1.29 is 0 Å². The first kappa shape index (κ1) is 7.92. The number of hydrogen-bond acceptors (Lipinski definition) is 3. The zero-order valence-corrected chi connectivity index (χ0v) is 7.68. The van der Waals surface area contributed by atoms with E-state index in [1.807, 2.05) is 12.1 Å². The molecule has 2 rings (SSSR count). The molecule has 64 valence electrons. The Hall–Kier alpha value is -0.700. The lowest BCUT2D eigenvalue weighted by Crippen LogP contribution is -1.92. The van der Waals surface area contributed by atoms with Crippen LogP contribution in [0, 0.1) is 5.92 Å². The average molecular weight is 180 g/mol. The normalized spacial score (nSPS) is 16.3. The summed E-state index contributed by atoms with van der Waals surface area (Å²) in [6, 6.07) is 3.78. The van der Waals surface area contributed by atoms with Crippen molar-refractivity contribution in [3.05, 3.63) is 18.3 Å². The number of rotatable bonds is 3. The van der Waals surface area contributed by atoms with Crippen molar-refractivity contribution in [1.82, 2.24) is 4.98 Å². The van der Waals surface area contributed by atoms with Crippen molar-refractivity contribution in [3.8, 4) is 0 Å². The SMILES string of the molecule is Nc1cccnc1SCC1CC1. The third-order valence-corrected chi connectivity index (χ3v) is 3.21. The van der Waals surface area contributed by atoms with Crippen LogP contribution in [-0.4, -0.2) is 10.7 Å². The molecule has 3 heteroatoms. The van der Waals surface area contributed by atoms with Crippen molar-refractivity contribution in [2.45, 2.75) is 17.9 Å². The van der Waals surface area contributed by atoms with Crippen LogP contribution in [-0.2, 0) is 0 Å². The number of nitrogens with zero attached hydrogens (tertiary/aromatic N) is 1. The van der Waals surface area contributed by atoms with Crippen molar-refractivity contribution in [2.24, 2.45) is 5.92 Å². The van der Waals surface area contributed by atoms with Gasteiger partial charge >= 0.3 is 0 Å². The van der Waals surface area contributed by atoms with Gasteiger partial charge in [0.1, 0.15) is 5.03 Å². The lowest BCUT2D eigenvalue weighted by atomic mass is 10.4. The topological polar surface area (TPSA) is 38.9 Å². The molecule has 0 aliphatic heterocycles. The van der Waals surface area contributed by atoms with E-state index in [2.05, 4.69) is 4.98 Å². The fourth-order valence-electron chi connectivity index (χ4n) is 1.01. The Morgan fingerprint density at radius 2 is 2.42 bits per heavy atom. The van der Waals surface area contributed by atoms with Crippen LogP contribution in [0.25, 0.3) is 0 Å². The minimum Gasteiger partial charge on any atom is -0.397 e. The van der Waals surface area contributed by atoms with Gasteiger partial charge in [-0.05, 0) is 30.9 Å². The average Bonchev–Trinajstić information content (AvgIpc) is 2.86. The van der Waals surface area contributed by atoms with Crippen molar-refractivity contribution in [1.29, 1.82) is 0 Å². The Balaban J connectivity index is 1.96. The number of pyridine rings is 1. The van der Waals surface area contributed by atoms with Crippen LogP contribution in [0.15, 0.2) is 23.4 Å². The molecule has 1 aromatic heterocycles. The second kappa shape index (κ2) is 3.35. The summed E-state index contributed by atoms with van der Waals surface area (Å²) in [6.45, 7) is 0. The summed E-state index contributed by atoms with van der Waals surface area (Å²) in [5.74, 6) is 2.11. The Labute approximate surface area is 76.6 Å². The lowest BCUT2D eigenvalue weighted by Gasteiger charge is -2.01. The molecule has 0 saturated heterocycles. The fourth-order valence-corrected chi connectivity index (χ4v) is 2.10. The molecule has 1 aliphatic carbocycles. The van der Waals surface area contributed by atoms with Gasteiger partial charge in [0.05, 0.1) is 5.69 Å². The van der Waals surface area contributed by atoms with Gasteiger partial charge in [-0.1, -0.05) is 0 Å². The molecule has 0 radical (unpaired) electrons. The van der Waals surface area contributed by atoms with Crippen LogP contribution in [0.2, 0.25) is 0 Å². The van der Waals surface area contributed by atoms with Gasteiger partial charge in [0.2, 0.25) is 0 Å². The van der Waals surface area contributed by atoms with Gasteiger partial charge in [-0.25, -0.2) is 4.98 Å². The largest absolute Gasteiger partial charge is 0.397 e. The van der Waals surface area contributed by atoms with Crippen molar-refractivity contribution in [3.63, 3.8) is 0 Å². The first-order chi connectivity index (χ1) is 5.86. The number of nitrogen functional groups attached to an aromatic ring is 1. The molecule has 2 nitrogen and oxygen atoms in total. The highest BCUT2D eigenvalue weighted by atomic mass is 32.2. The molecule has 0 amide bonds. The highest BCUT2D eigenvalue weighted by Gasteiger charge is 2.21. The van der Waals surface area contributed by atoms with Gasteiger partial charge in [0, 0.05) is 11.9 Å². The van der Waals surface area contributed by atoms with Gasteiger partial charge in [0.15, 0.2) is 0 Å². The lowest BCUT2D eigenvalue weighted by molar-refractivity contribution is 0.994. The molecule has 0 bridgehead atoms. The third kappa shape index (κ3) is 1.91. The highest BCUT2D eigenvalue weighted by molar-refractivity contribution is 7.99. The standard InChI is InChI=1S/C9H12N2S/c10-8-2-1-5-11-9(8)12-6-7-3-4-7/h1-2,5,7H,3-4,6,10H2. The van der Waals surface area contributed by atoms with E-state index in [-0.39, 0.29) is 0 Å². The molecule has 12 heavy (non-hydrogen) atoms. The second-order valence-electron chi connectivity index (χ2n) is 3.15. The van der Waals surface area contributed by atoms with Gasteiger partial charge < -0.3 is 5.73 Å². The Morgan fingerprint density at radius 3 is 3.08 bits per heavy atom. The van der Waals surface area contributed by atoms with Gasteiger partial charge in [-0.2, -0.15) is 0 Å². The van der Waals surface area contributed by atoms with E-state index in [0.717, 1.165) is 16.6 Å². The minimum atomic E-state index is 0.808. The fraction of sp³-hybridized carbons (Fsp3) is 0.444. The van der Waals surface area contributed by atoms with Crippen LogP contribution in [0.1, 0.15) is 12.8 Å². The second-order valence-corrected chi connectivity index (χ2v) is 4.16. The van der Waals surface area contributed by atoms with Crippen LogP contribution >= 0.6 is 11.8 Å². The predicted octanol–water partition coefficient (Wildman–Crippen LogP) is 2.17. The summed E-state index contributed by atoms with van der Waals surface area (Å²) >= 11 is 1.78. The summed E-state index contributed by atoms with van der Waals surface area (Å²) in [7, 11) is 0. The Morgan fingerprint density at radius 1 is 1.58 bits per heavy atom. The maximum atomic E-state index is 5.74. The molecule has 1 aromatic rings. The number of anilines is 1. The zero-order valence-electron chi connectivity index (χ0n) is 6.86. The molecular formula is C9H12N2S. The van der Waals surface area contributed by atoms with Gasteiger partial charge in [0.25, 0.3) is 0 Å². The molecule has 0 aromatic carbocycles. The maximum absolute atomic E-state index is 5.74. The molecule has 0 unspecified atom stereocenters. The molecule has 1 aliphatic rings. The molecule has 2 N–H and O–H groups in total. The first-order valence-corrected chi connectivity index (χ1v) is 5.18. The van der Waals surface area contributed by atoms with Crippen LogP contribution in [0.4, 0.5) is 5.69 Å². The summed E-state index contributed by atoms with van der Waals surface area (Å²) in [5, 5.41) is 0.990. The Kier molecular flexibility index (Phi) is 2.21. The summed E-state index contributed by atoms with van der Waals surface area (Å²) < 4.78 is 0. The Bertz CT molecular complexity index is 271. The van der Waals surface area contributed by atoms with E-state index in [1.54, 1.807) is 18.0 Å². The summed E-state index contributed by atoms with van der Waals surface area (Å²) in [6.07, 6.45) is 4.57. The van der Waals surface area contributed by atoms with Crippen LogP contribution < -0.4 is 5.73 Å². The quantitative estimate of drug-likeness (QED) is 0.724. The maximum Gasteiger partial charge on any atom is 0.119 e. The first-order valence-electron chi connectivity index (χ1n) is 4.19. The van der Waals surface area contributed by atoms with Crippen molar-refractivity contribution >= 4 is 17.4 Å². The third-order valence-electron chi connectivity index (χ3n) is 1.95. The predicted molar refractivity (Wildman–Crippen MR) is 52.1 cm³/mol. The molecule has 0 spiro atoms. The smallest absolute Gasteiger partial charge is 0.119 e. The molecule has 0 atom stereocenters. The molecular weight excluding hydrogens is 168 g/mol. The van der Waals surface area contributed by atoms with Gasteiger partial charge in [-0.3, -0.25) is 0 Å². The van der Waals surface area contributed by atoms with Crippen LogP contribution in [0.5, 0.6) is 0 Å². The summed E-state index contributed by atoms with van der Waals surface area (Å²) in [4.78, 5) is 4.22. The van der Waals surface area contributed by atoms with Gasteiger partial charge in [-0.15, -0.1) is 11.8 Å². The van der Waals surface area contributed by atoms with Crippen molar-refractivity contribution in [2.75, 3.05) is 11.5 Å². The van der Waals surface area contributed by atoms with E-state index in [1.165, 1.54) is 18.6 Å². The number of aromatic nitrogens is 1. The minimum absolute atomic E-state index is 0.808. The van der Waals surface area contributed by atoms with E-state index in [9.17, 15) is 0 Å². The van der Waals surface area contributed by atoms with E-state index in [0.29, 0.717) is 0 Å². The summed E-state index contributed by atoms with van der Waals surface area (Å²) in [5.41, 5.74) is 6.55. The highest BCUT2D eigenvalue weighted by Crippen LogP contribution is 2.35.